The molecule has 3 aromatic heterocycles. The molecule has 2 N–H and O–H groups in total. The lowest BCUT2D eigenvalue weighted by Gasteiger charge is -2.26. The summed E-state index contributed by atoms with van der Waals surface area (Å²) >= 11 is 0. The van der Waals surface area contributed by atoms with Crippen LogP contribution >= 0.6 is 0 Å². The number of imidazole rings is 1. The van der Waals surface area contributed by atoms with Crippen molar-refractivity contribution in [1.29, 1.82) is 0 Å². The Morgan fingerprint density at radius 2 is 1.94 bits per heavy atom. The van der Waals surface area contributed by atoms with E-state index in [0.717, 1.165) is 53.8 Å². The Bertz CT molecular complexity index is 1260. The number of hydrogen-bond donors (Lipinski definition) is 2. The lowest BCUT2D eigenvalue weighted by molar-refractivity contribution is 0.0912. The molecule has 1 aromatic carbocycles. The standard InChI is InChI=1S/C15H16N2O2.C9H11N5/c1-19-14-9-13(15(18)16-10-5-4-6-10)17-12-8-3-2-7-11(12)14;1-2-4-14(3-1)9-7-8(11-5-10-7)12-6-13-9/h2-3,7-10H,4-6H2,1H3,(H,16,18);5-6H,1-4H2,(H,10,11,12,13). The number of methoxy groups -OCH3 is 1. The normalized spacial score (nSPS) is 15.7. The fraction of sp³-hybridized carbons (Fsp3) is 0.375. The highest BCUT2D eigenvalue weighted by Crippen LogP contribution is 2.26. The van der Waals surface area contributed by atoms with Crippen molar-refractivity contribution in [2.45, 2.75) is 38.1 Å². The van der Waals surface area contributed by atoms with Gasteiger partial charge in [0.15, 0.2) is 11.5 Å². The van der Waals surface area contributed by atoms with E-state index in [9.17, 15) is 4.79 Å². The number of ether oxygens (including phenoxy) is 1. The zero-order chi connectivity index (χ0) is 22.6. The Morgan fingerprint density at radius 1 is 1.12 bits per heavy atom. The highest BCUT2D eigenvalue weighted by atomic mass is 16.5. The Kier molecular flexibility index (Phi) is 6.01. The largest absolute Gasteiger partial charge is 0.496 e. The Balaban J connectivity index is 0.000000144. The van der Waals surface area contributed by atoms with Crippen LogP contribution in [-0.2, 0) is 0 Å². The van der Waals surface area contributed by atoms with Gasteiger partial charge in [0.25, 0.3) is 5.91 Å². The number of anilines is 1. The van der Waals surface area contributed by atoms with E-state index in [2.05, 4.69) is 35.1 Å². The van der Waals surface area contributed by atoms with E-state index >= 15 is 0 Å². The molecule has 0 bridgehead atoms. The van der Waals surface area contributed by atoms with Gasteiger partial charge in [-0.2, -0.15) is 0 Å². The molecule has 0 spiro atoms. The zero-order valence-corrected chi connectivity index (χ0v) is 18.6. The van der Waals surface area contributed by atoms with Gasteiger partial charge in [-0.3, -0.25) is 4.79 Å². The van der Waals surface area contributed by atoms with Gasteiger partial charge >= 0.3 is 0 Å². The number of fused-ring (bicyclic) bond motifs is 2. The van der Waals surface area contributed by atoms with Gasteiger partial charge in [-0.05, 0) is 44.2 Å². The first-order chi connectivity index (χ1) is 16.2. The molecule has 2 aliphatic rings. The number of aromatic nitrogens is 5. The molecule has 1 amide bonds. The summed E-state index contributed by atoms with van der Waals surface area (Å²) in [6.45, 7) is 2.18. The summed E-state index contributed by atoms with van der Waals surface area (Å²) in [4.78, 5) is 34.4. The molecule has 1 aliphatic heterocycles. The van der Waals surface area contributed by atoms with Crippen LogP contribution in [0.1, 0.15) is 42.6 Å². The number of amides is 1. The summed E-state index contributed by atoms with van der Waals surface area (Å²) in [5, 5.41) is 3.91. The molecule has 1 aliphatic carbocycles. The molecule has 33 heavy (non-hydrogen) atoms. The number of pyridine rings is 1. The first-order valence-corrected chi connectivity index (χ1v) is 11.4. The lowest BCUT2D eigenvalue weighted by atomic mass is 9.93. The van der Waals surface area contributed by atoms with Gasteiger partial charge in [0.05, 0.1) is 19.0 Å². The van der Waals surface area contributed by atoms with E-state index in [1.54, 1.807) is 25.8 Å². The van der Waals surface area contributed by atoms with Crippen LogP contribution in [0.5, 0.6) is 5.75 Å². The van der Waals surface area contributed by atoms with Gasteiger partial charge in [0.2, 0.25) is 0 Å². The minimum Gasteiger partial charge on any atom is -0.496 e. The van der Waals surface area contributed by atoms with Gasteiger partial charge in [0.1, 0.15) is 23.3 Å². The average molecular weight is 446 g/mol. The van der Waals surface area contributed by atoms with Crippen molar-refractivity contribution < 1.29 is 9.53 Å². The minimum absolute atomic E-state index is 0.117. The summed E-state index contributed by atoms with van der Waals surface area (Å²) in [6, 6.07) is 9.68. The number of nitrogens with one attached hydrogen (secondary N) is 2. The molecule has 9 nitrogen and oxygen atoms in total. The fourth-order valence-electron chi connectivity index (χ4n) is 4.16. The van der Waals surface area contributed by atoms with Crippen molar-refractivity contribution in [1.82, 2.24) is 30.2 Å². The summed E-state index contributed by atoms with van der Waals surface area (Å²) in [5.41, 5.74) is 2.90. The topological polar surface area (TPSA) is 109 Å². The van der Waals surface area contributed by atoms with Crippen LogP contribution in [0.25, 0.3) is 22.1 Å². The molecule has 1 saturated heterocycles. The molecule has 6 rings (SSSR count). The molecule has 0 unspecified atom stereocenters. The minimum atomic E-state index is -0.117. The number of nitrogens with zero attached hydrogens (tertiary/aromatic N) is 5. The summed E-state index contributed by atoms with van der Waals surface area (Å²) in [6.07, 6.45) is 9.07. The van der Waals surface area contributed by atoms with Crippen molar-refractivity contribution in [3.8, 4) is 5.75 Å². The number of rotatable bonds is 4. The molecule has 4 heterocycles. The van der Waals surface area contributed by atoms with Gasteiger partial charge in [-0.1, -0.05) is 12.1 Å². The lowest BCUT2D eigenvalue weighted by Crippen LogP contribution is -2.39. The van der Waals surface area contributed by atoms with E-state index in [0.29, 0.717) is 17.5 Å². The van der Waals surface area contributed by atoms with E-state index in [4.69, 9.17) is 4.74 Å². The predicted molar refractivity (Wildman–Crippen MR) is 127 cm³/mol. The van der Waals surface area contributed by atoms with Crippen LogP contribution in [0, 0.1) is 0 Å². The maximum atomic E-state index is 12.1. The van der Waals surface area contributed by atoms with Crippen molar-refractivity contribution in [3.05, 3.63) is 48.7 Å². The van der Waals surface area contributed by atoms with E-state index in [1.165, 1.54) is 19.3 Å². The number of benzene rings is 1. The Labute approximate surface area is 191 Å². The molecule has 170 valence electrons. The predicted octanol–water partition coefficient (Wildman–Crippen LogP) is 3.48. The molecular formula is C24H27N7O2. The Hall–Kier alpha value is -3.75. The van der Waals surface area contributed by atoms with Crippen LogP contribution in [0.4, 0.5) is 5.82 Å². The van der Waals surface area contributed by atoms with Gasteiger partial charge < -0.3 is 19.9 Å². The molecule has 1 saturated carbocycles. The third-order valence-electron chi connectivity index (χ3n) is 6.18. The van der Waals surface area contributed by atoms with Gasteiger partial charge in [-0.15, -0.1) is 0 Å². The number of hydrogen-bond acceptors (Lipinski definition) is 7. The number of aromatic amines is 1. The highest BCUT2D eigenvalue weighted by Gasteiger charge is 2.21. The molecule has 0 atom stereocenters. The van der Waals surface area contributed by atoms with Gasteiger partial charge in [0, 0.05) is 30.6 Å². The number of carbonyl (C=O) groups is 1. The maximum absolute atomic E-state index is 12.1. The molecule has 4 aromatic rings. The van der Waals surface area contributed by atoms with Crippen LogP contribution in [0.3, 0.4) is 0 Å². The van der Waals surface area contributed by atoms with Crippen LogP contribution in [0.15, 0.2) is 43.0 Å². The molecular weight excluding hydrogens is 418 g/mol. The first kappa shape index (κ1) is 21.1. The fourth-order valence-corrected chi connectivity index (χ4v) is 4.16. The summed E-state index contributed by atoms with van der Waals surface area (Å²) in [7, 11) is 1.61. The second-order valence-electron chi connectivity index (χ2n) is 8.32. The summed E-state index contributed by atoms with van der Waals surface area (Å²) < 4.78 is 5.34. The molecule has 2 fully saturated rings. The third kappa shape index (κ3) is 4.44. The van der Waals surface area contributed by atoms with E-state index < -0.39 is 0 Å². The first-order valence-electron chi connectivity index (χ1n) is 11.4. The van der Waals surface area contributed by atoms with Crippen molar-refractivity contribution >= 4 is 33.8 Å². The van der Waals surface area contributed by atoms with E-state index in [1.807, 2.05) is 24.3 Å². The molecule has 0 radical (unpaired) electrons. The van der Waals surface area contributed by atoms with Crippen molar-refractivity contribution in [2.24, 2.45) is 0 Å². The monoisotopic (exact) mass is 445 g/mol. The number of H-pyrrole nitrogens is 1. The van der Waals surface area contributed by atoms with Crippen LogP contribution in [-0.4, -0.2) is 57.1 Å². The second-order valence-corrected chi connectivity index (χ2v) is 8.32. The Morgan fingerprint density at radius 3 is 2.70 bits per heavy atom. The van der Waals surface area contributed by atoms with Crippen molar-refractivity contribution in [3.63, 3.8) is 0 Å². The molecule has 9 heteroatoms. The number of para-hydroxylation sites is 1. The smallest absolute Gasteiger partial charge is 0.270 e. The maximum Gasteiger partial charge on any atom is 0.270 e. The average Bonchev–Trinajstić information content (AvgIpc) is 3.53. The van der Waals surface area contributed by atoms with Crippen LogP contribution in [0.2, 0.25) is 0 Å². The van der Waals surface area contributed by atoms with Gasteiger partial charge in [-0.25, -0.2) is 19.9 Å². The second kappa shape index (κ2) is 9.40. The third-order valence-corrected chi connectivity index (χ3v) is 6.18. The quantitative estimate of drug-likeness (QED) is 0.495. The van der Waals surface area contributed by atoms with Crippen molar-refractivity contribution in [2.75, 3.05) is 25.1 Å². The van der Waals surface area contributed by atoms with Crippen LogP contribution < -0.4 is 15.0 Å². The highest BCUT2D eigenvalue weighted by molar-refractivity contribution is 5.97. The number of carbonyl (C=O) groups excluding carboxylic acids is 1. The SMILES string of the molecule is COc1cc(C(=O)NC2CCC2)nc2ccccc12.c1nc(N2CCCC2)c2[nH]cnc2n1. The van der Waals surface area contributed by atoms with E-state index in [-0.39, 0.29) is 5.91 Å². The summed E-state index contributed by atoms with van der Waals surface area (Å²) in [5.74, 6) is 1.56. The zero-order valence-electron chi connectivity index (χ0n) is 18.6.